The molecular formula is C21H30N2O2S. The minimum Gasteiger partial charge on any atom is -0.393 e. The van der Waals surface area contributed by atoms with Gasteiger partial charge in [-0.1, -0.05) is 36.4 Å². The van der Waals surface area contributed by atoms with Crippen molar-refractivity contribution >= 4 is 17.4 Å². The van der Waals surface area contributed by atoms with Crippen LogP contribution in [-0.4, -0.2) is 43.9 Å². The summed E-state index contributed by atoms with van der Waals surface area (Å²) in [5.41, 5.74) is 0.626. The monoisotopic (exact) mass is 374 g/mol. The zero-order valence-corrected chi connectivity index (χ0v) is 16.8. The summed E-state index contributed by atoms with van der Waals surface area (Å²) in [5, 5.41) is 24.8. The first-order valence-electron chi connectivity index (χ1n) is 9.23. The Bertz CT molecular complexity index is 642. The number of hydroxylamine groups is 2. The topological polar surface area (TPSA) is 55.7 Å². The van der Waals surface area contributed by atoms with Gasteiger partial charge < -0.3 is 15.6 Å². The summed E-state index contributed by atoms with van der Waals surface area (Å²) in [7, 11) is 0. The van der Waals surface area contributed by atoms with Crippen molar-refractivity contribution in [2.75, 3.05) is 5.32 Å². The molecular weight excluding hydrogens is 344 g/mol. The molecule has 1 fully saturated rings. The number of rotatable bonds is 0. The van der Waals surface area contributed by atoms with Gasteiger partial charge in [-0.2, -0.15) is 5.06 Å². The van der Waals surface area contributed by atoms with Crippen LogP contribution in [0.5, 0.6) is 0 Å². The average molecular weight is 375 g/mol. The molecule has 142 valence electrons. The van der Waals surface area contributed by atoms with E-state index >= 15 is 0 Å². The van der Waals surface area contributed by atoms with Gasteiger partial charge in [0.05, 0.1) is 17.4 Å². The number of nitrogens with one attached hydrogen (secondary N) is 1. The Morgan fingerprint density at radius 3 is 2.35 bits per heavy atom. The largest absolute Gasteiger partial charge is 0.393 e. The van der Waals surface area contributed by atoms with E-state index in [0.717, 1.165) is 0 Å². The standard InChI is InChI=1S/C12H11NS.C9H19NO2/c1-3-7-11-9(5-1)13-10-6-2-4-8-12(10)14-11;1-8(2)5-7(11)6-9(3,4)10(8)12/h1-9,11,13H;7,11-12H,5-6H2,1-4H3. The molecule has 1 aromatic rings. The molecule has 1 saturated heterocycles. The second-order valence-electron chi connectivity index (χ2n) is 8.52. The zero-order valence-electron chi connectivity index (χ0n) is 16.0. The SMILES string of the molecule is C1=CC2Nc3ccccc3SC2C=C1.CC1(C)CC(O)CC(C)(C)N1O. The Morgan fingerprint density at radius 1 is 1.04 bits per heavy atom. The van der Waals surface area contributed by atoms with Crippen molar-refractivity contribution in [1.82, 2.24) is 5.06 Å². The normalized spacial score (nSPS) is 29.0. The molecule has 2 heterocycles. The van der Waals surface area contributed by atoms with Crippen molar-refractivity contribution < 1.29 is 10.3 Å². The van der Waals surface area contributed by atoms with Gasteiger partial charge in [0.25, 0.3) is 0 Å². The van der Waals surface area contributed by atoms with Crippen LogP contribution in [0, 0.1) is 0 Å². The van der Waals surface area contributed by atoms with Crippen molar-refractivity contribution in [3.05, 3.63) is 48.6 Å². The van der Waals surface area contributed by atoms with Gasteiger partial charge >= 0.3 is 0 Å². The maximum atomic E-state index is 9.80. The van der Waals surface area contributed by atoms with E-state index in [1.54, 1.807) is 0 Å². The van der Waals surface area contributed by atoms with Crippen molar-refractivity contribution in [3.63, 3.8) is 0 Å². The van der Waals surface area contributed by atoms with Gasteiger partial charge in [-0.05, 0) is 52.7 Å². The Labute approximate surface area is 160 Å². The summed E-state index contributed by atoms with van der Waals surface area (Å²) < 4.78 is 0. The van der Waals surface area contributed by atoms with E-state index in [4.69, 9.17) is 0 Å². The summed E-state index contributed by atoms with van der Waals surface area (Å²) in [6.07, 6.45) is 9.71. The molecule has 0 amide bonds. The van der Waals surface area contributed by atoms with Crippen molar-refractivity contribution in [1.29, 1.82) is 0 Å². The van der Waals surface area contributed by atoms with E-state index in [2.05, 4.69) is 53.9 Å². The van der Waals surface area contributed by atoms with Crippen LogP contribution in [0.4, 0.5) is 5.69 Å². The average Bonchev–Trinajstić information content (AvgIpc) is 2.57. The van der Waals surface area contributed by atoms with E-state index in [1.807, 2.05) is 39.5 Å². The number of aliphatic hydroxyl groups is 1. The fraction of sp³-hybridized carbons (Fsp3) is 0.524. The molecule has 2 aliphatic heterocycles. The fourth-order valence-corrected chi connectivity index (χ4v) is 5.24. The van der Waals surface area contributed by atoms with Crippen LogP contribution in [0.2, 0.25) is 0 Å². The van der Waals surface area contributed by atoms with Gasteiger partial charge in [0.1, 0.15) is 0 Å². The summed E-state index contributed by atoms with van der Waals surface area (Å²) in [6, 6.07) is 8.95. The quantitative estimate of drug-likeness (QED) is 0.626. The van der Waals surface area contributed by atoms with Crippen LogP contribution in [0.15, 0.2) is 53.5 Å². The van der Waals surface area contributed by atoms with Crippen molar-refractivity contribution in [2.45, 2.75) is 73.9 Å². The maximum absolute atomic E-state index is 9.80. The number of anilines is 1. The lowest BCUT2D eigenvalue weighted by molar-refractivity contribution is -0.257. The summed E-state index contributed by atoms with van der Waals surface area (Å²) in [6.45, 7) is 7.77. The molecule has 3 aliphatic rings. The first-order valence-corrected chi connectivity index (χ1v) is 10.1. The third-order valence-electron chi connectivity index (χ3n) is 5.17. The molecule has 1 aliphatic carbocycles. The van der Waals surface area contributed by atoms with E-state index in [0.29, 0.717) is 24.1 Å². The van der Waals surface area contributed by atoms with Gasteiger partial charge in [0, 0.05) is 21.7 Å². The highest BCUT2D eigenvalue weighted by Crippen LogP contribution is 2.39. The van der Waals surface area contributed by atoms with E-state index in [-0.39, 0.29) is 17.2 Å². The van der Waals surface area contributed by atoms with Gasteiger partial charge in [0.2, 0.25) is 0 Å². The molecule has 0 saturated carbocycles. The number of nitrogens with zero attached hydrogens (tertiary/aromatic N) is 1. The molecule has 4 rings (SSSR count). The highest BCUT2D eigenvalue weighted by atomic mass is 32.2. The molecule has 5 heteroatoms. The van der Waals surface area contributed by atoms with Crippen LogP contribution < -0.4 is 5.32 Å². The van der Waals surface area contributed by atoms with Gasteiger partial charge in [0.15, 0.2) is 0 Å². The molecule has 4 nitrogen and oxygen atoms in total. The predicted molar refractivity (Wildman–Crippen MR) is 109 cm³/mol. The fourth-order valence-electron chi connectivity index (χ4n) is 4.06. The highest BCUT2D eigenvalue weighted by molar-refractivity contribution is 8.00. The number of piperidine rings is 1. The summed E-state index contributed by atoms with van der Waals surface area (Å²) in [4.78, 5) is 1.36. The molecule has 3 N–H and O–H groups in total. The number of thioether (sulfide) groups is 1. The number of aliphatic hydroxyl groups excluding tert-OH is 1. The summed E-state index contributed by atoms with van der Waals surface area (Å²) >= 11 is 1.94. The third kappa shape index (κ3) is 4.17. The van der Waals surface area contributed by atoms with Gasteiger partial charge in [-0.15, -0.1) is 11.8 Å². The smallest absolute Gasteiger partial charge is 0.0605 e. The molecule has 0 spiro atoms. The number of benzene rings is 1. The van der Waals surface area contributed by atoms with E-state index < -0.39 is 0 Å². The zero-order chi connectivity index (χ0) is 18.9. The lowest BCUT2D eigenvalue weighted by Crippen LogP contribution is -2.60. The first kappa shape index (κ1) is 19.5. The van der Waals surface area contributed by atoms with E-state index in [9.17, 15) is 10.3 Å². The highest BCUT2D eigenvalue weighted by Gasteiger charge is 2.44. The molecule has 0 bridgehead atoms. The Kier molecular flexibility index (Phi) is 5.54. The Hall–Kier alpha value is -1.27. The van der Waals surface area contributed by atoms with Crippen LogP contribution in [0.1, 0.15) is 40.5 Å². The Morgan fingerprint density at radius 2 is 1.65 bits per heavy atom. The number of fused-ring (bicyclic) bond motifs is 2. The number of hydrogen-bond acceptors (Lipinski definition) is 5. The van der Waals surface area contributed by atoms with Crippen molar-refractivity contribution in [2.24, 2.45) is 0 Å². The summed E-state index contributed by atoms with van der Waals surface area (Å²) in [5.74, 6) is 0. The van der Waals surface area contributed by atoms with Crippen LogP contribution in [0.25, 0.3) is 0 Å². The van der Waals surface area contributed by atoms with Crippen molar-refractivity contribution in [3.8, 4) is 0 Å². The molecule has 0 aromatic heterocycles. The van der Waals surface area contributed by atoms with Gasteiger partial charge in [-0.25, -0.2) is 0 Å². The number of allylic oxidation sites excluding steroid dienone is 2. The molecule has 26 heavy (non-hydrogen) atoms. The van der Waals surface area contributed by atoms with Crippen LogP contribution in [-0.2, 0) is 0 Å². The molecule has 2 unspecified atom stereocenters. The van der Waals surface area contributed by atoms with Gasteiger partial charge in [-0.3, -0.25) is 0 Å². The second kappa shape index (κ2) is 7.39. The van der Waals surface area contributed by atoms with Crippen LogP contribution >= 0.6 is 11.8 Å². The number of hydrogen-bond donors (Lipinski definition) is 3. The maximum Gasteiger partial charge on any atom is 0.0605 e. The molecule has 1 aromatic carbocycles. The first-order chi connectivity index (χ1) is 12.2. The minimum absolute atomic E-state index is 0.293. The minimum atomic E-state index is -0.318. The molecule has 2 atom stereocenters. The predicted octanol–water partition coefficient (Wildman–Crippen LogP) is 4.46. The van der Waals surface area contributed by atoms with E-state index in [1.165, 1.54) is 15.6 Å². The second-order valence-corrected chi connectivity index (χ2v) is 9.74. The number of para-hydroxylation sites is 1. The third-order valence-corrected chi connectivity index (χ3v) is 6.51. The Balaban J connectivity index is 0.000000153. The molecule has 0 radical (unpaired) electrons. The lowest BCUT2D eigenvalue weighted by atomic mass is 9.80. The lowest BCUT2D eigenvalue weighted by Gasteiger charge is -2.50. The van der Waals surface area contributed by atoms with Crippen LogP contribution in [0.3, 0.4) is 0 Å².